The number of aromatic nitrogens is 4. The van der Waals surface area contributed by atoms with Gasteiger partial charge in [0.25, 0.3) is 0 Å². The molecular weight excluding hydrogens is 440 g/mol. The number of thioether (sulfide) groups is 1. The van der Waals surface area contributed by atoms with Crippen molar-refractivity contribution in [3.8, 4) is 22.1 Å². The highest BCUT2D eigenvalue weighted by Crippen LogP contribution is 2.28. The Morgan fingerprint density at radius 3 is 2.50 bits per heavy atom. The topological polar surface area (TPSA) is 62.1 Å². The molecule has 0 amide bonds. The van der Waals surface area contributed by atoms with Crippen LogP contribution in [-0.2, 0) is 19.4 Å². The molecule has 2 heterocycles. The first kappa shape index (κ1) is 20.7. The summed E-state index contributed by atoms with van der Waals surface area (Å²) >= 11 is 9.13. The number of thiazole rings is 1. The van der Waals surface area contributed by atoms with E-state index >= 15 is 0 Å². The van der Waals surface area contributed by atoms with Crippen molar-refractivity contribution < 1.29 is 9.47 Å². The summed E-state index contributed by atoms with van der Waals surface area (Å²) in [5, 5.41) is 13.1. The van der Waals surface area contributed by atoms with Crippen LogP contribution in [0.25, 0.3) is 10.6 Å². The maximum absolute atomic E-state index is 5.90. The first-order valence-corrected chi connectivity index (χ1v) is 11.3. The lowest BCUT2D eigenvalue weighted by Crippen LogP contribution is -2.04. The zero-order chi connectivity index (χ0) is 20.9. The Bertz CT molecular complexity index is 1110. The summed E-state index contributed by atoms with van der Waals surface area (Å²) in [7, 11) is 3.60. The number of halogens is 1. The minimum atomic E-state index is 0.337. The van der Waals surface area contributed by atoms with E-state index in [0.29, 0.717) is 11.6 Å². The number of ether oxygens (including phenoxy) is 2. The van der Waals surface area contributed by atoms with Gasteiger partial charge in [-0.05, 0) is 48.5 Å². The SMILES string of the molecule is COc1ccc(-c2nc(CSc3nnc(COc4ccc(Cl)cc4)n3C)cs2)cc1. The Labute approximate surface area is 187 Å². The summed E-state index contributed by atoms with van der Waals surface area (Å²) in [6.07, 6.45) is 0. The Morgan fingerprint density at radius 2 is 1.77 bits per heavy atom. The van der Waals surface area contributed by atoms with E-state index in [1.807, 2.05) is 48.0 Å². The highest BCUT2D eigenvalue weighted by atomic mass is 35.5. The van der Waals surface area contributed by atoms with Crippen molar-refractivity contribution in [2.45, 2.75) is 17.5 Å². The lowest BCUT2D eigenvalue weighted by atomic mass is 10.2. The number of rotatable bonds is 8. The molecule has 9 heteroatoms. The molecule has 2 aromatic heterocycles. The molecule has 0 saturated heterocycles. The van der Waals surface area contributed by atoms with Crippen molar-refractivity contribution in [2.75, 3.05) is 7.11 Å². The van der Waals surface area contributed by atoms with Gasteiger partial charge in [-0.2, -0.15) is 0 Å². The van der Waals surface area contributed by atoms with Crippen LogP contribution in [0.3, 0.4) is 0 Å². The van der Waals surface area contributed by atoms with Crippen molar-refractivity contribution in [2.24, 2.45) is 7.05 Å². The first-order chi connectivity index (χ1) is 14.6. The monoisotopic (exact) mass is 458 g/mol. The lowest BCUT2D eigenvalue weighted by molar-refractivity contribution is 0.290. The van der Waals surface area contributed by atoms with E-state index in [4.69, 9.17) is 26.1 Å². The molecule has 0 fully saturated rings. The number of benzene rings is 2. The molecule has 4 aromatic rings. The molecule has 0 N–H and O–H groups in total. The highest BCUT2D eigenvalue weighted by Gasteiger charge is 2.12. The van der Waals surface area contributed by atoms with Crippen LogP contribution in [0.5, 0.6) is 11.5 Å². The van der Waals surface area contributed by atoms with Crippen molar-refractivity contribution in [3.05, 3.63) is 70.5 Å². The second-order valence-electron chi connectivity index (χ2n) is 6.36. The lowest BCUT2D eigenvalue weighted by Gasteiger charge is -2.06. The molecule has 30 heavy (non-hydrogen) atoms. The second-order valence-corrected chi connectivity index (χ2v) is 8.60. The molecule has 0 spiro atoms. The van der Waals surface area contributed by atoms with Crippen molar-refractivity contribution in [1.29, 1.82) is 0 Å². The number of hydrogen-bond acceptors (Lipinski definition) is 7. The fourth-order valence-electron chi connectivity index (χ4n) is 2.65. The third kappa shape index (κ3) is 4.95. The molecule has 0 aliphatic carbocycles. The van der Waals surface area contributed by atoms with Crippen LogP contribution in [0.15, 0.2) is 59.1 Å². The van der Waals surface area contributed by atoms with E-state index in [-0.39, 0.29) is 0 Å². The summed E-state index contributed by atoms with van der Waals surface area (Å²) in [4.78, 5) is 4.73. The van der Waals surface area contributed by atoms with E-state index in [9.17, 15) is 0 Å². The molecule has 0 aliphatic rings. The van der Waals surface area contributed by atoms with Crippen LogP contribution in [-0.4, -0.2) is 26.9 Å². The number of hydrogen-bond donors (Lipinski definition) is 0. The molecule has 0 aliphatic heterocycles. The van der Waals surface area contributed by atoms with Crippen LogP contribution in [0.1, 0.15) is 11.5 Å². The summed E-state index contributed by atoms with van der Waals surface area (Å²) in [5.74, 6) is 3.05. The largest absolute Gasteiger partial charge is 0.497 e. The van der Waals surface area contributed by atoms with E-state index < -0.39 is 0 Å². The second kappa shape index (κ2) is 9.51. The fraction of sp³-hybridized carbons (Fsp3) is 0.190. The van der Waals surface area contributed by atoms with Gasteiger partial charge in [0.2, 0.25) is 0 Å². The van der Waals surface area contributed by atoms with Gasteiger partial charge in [0.05, 0.1) is 12.8 Å². The maximum Gasteiger partial charge on any atom is 0.191 e. The standard InChI is InChI=1S/C21H19ClN4O2S2/c1-26-19(11-28-18-9-5-15(22)6-10-18)24-25-21(26)30-13-16-12-29-20(23-16)14-3-7-17(27-2)8-4-14/h3-10,12H,11,13H2,1-2H3. The van der Waals surface area contributed by atoms with Crippen molar-refractivity contribution >= 4 is 34.7 Å². The van der Waals surface area contributed by atoms with Crippen LogP contribution >= 0.6 is 34.7 Å². The van der Waals surface area contributed by atoms with Gasteiger partial charge in [0.15, 0.2) is 11.0 Å². The summed E-state index contributed by atoms with van der Waals surface area (Å²) in [6, 6.07) is 15.2. The quantitative estimate of drug-likeness (QED) is 0.326. The Balaban J connectivity index is 1.35. The maximum atomic E-state index is 5.90. The van der Waals surface area contributed by atoms with Crippen LogP contribution < -0.4 is 9.47 Å². The van der Waals surface area contributed by atoms with E-state index in [1.54, 1.807) is 42.3 Å². The molecule has 154 valence electrons. The third-order valence-corrected chi connectivity index (χ3v) is 6.59. The van der Waals surface area contributed by atoms with Crippen LogP contribution in [0.2, 0.25) is 5.02 Å². The zero-order valence-electron chi connectivity index (χ0n) is 16.4. The average molecular weight is 459 g/mol. The number of nitrogens with zero attached hydrogens (tertiary/aromatic N) is 4. The number of methoxy groups -OCH3 is 1. The van der Waals surface area contributed by atoms with Gasteiger partial charge >= 0.3 is 0 Å². The zero-order valence-corrected chi connectivity index (χ0v) is 18.8. The summed E-state index contributed by atoms with van der Waals surface area (Å²) in [5.41, 5.74) is 2.09. The molecule has 0 radical (unpaired) electrons. The van der Waals surface area contributed by atoms with Gasteiger partial charge in [0, 0.05) is 28.8 Å². The summed E-state index contributed by atoms with van der Waals surface area (Å²) in [6.45, 7) is 0.337. The van der Waals surface area contributed by atoms with Gasteiger partial charge in [0.1, 0.15) is 23.1 Å². The molecule has 4 rings (SSSR count). The predicted molar refractivity (Wildman–Crippen MR) is 120 cm³/mol. The van der Waals surface area contributed by atoms with Crippen molar-refractivity contribution in [3.63, 3.8) is 0 Å². The van der Waals surface area contributed by atoms with E-state index in [2.05, 4.69) is 15.6 Å². The first-order valence-electron chi connectivity index (χ1n) is 9.10. The van der Waals surface area contributed by atoms with Gasteiger partial charge in [-0.15, -0.1) is 21.5 Å². The third-order valence-electron chi connectivity index (χ3n) is 4.34. The minimum Gasteiger partial charge on any atom is -0.497 e. The molecule has 0 unspecified atom stereocenters. The van der Waals surface area contributed by atoms with Gasteiger partial charge in [-0.25, -0.2) is 4.98 Å². The summed E-state index contributed by atoms with van der Waals surface area (Å²) < 4.78 is 12.9. The van der Waals surface area contributed by atoms with E-state index in [1.165, 1.54) is 0 Å². The normalized spacial score (nSPS) is 10.9. The Morgan fingerprint density at radius 1 is 1.03 bits per heavy atom. The predicted octanol–water partition coefficient (Wildman–Crippen LogP) is 5.47. The van der Waals surface area contributed by atoms with Crippen LogP contribution in [0.4, 0.5) is 0 Å². The molecule has 0 atom stereocenters. The fourth-order valence-corrected chi connectivity index (χ4v) is 4.53. The van der Waals surface area contributed by atoms with E-state index in [0.717, 1.165) is 44.5 Å². The molecule has 6 nitrogen and oxygen atoms in total. The average Bonchev–Trinajstić information content (AvgIpc) is 3.39. The highest BCUT2D eigenvalue weighted by molar-refractivity contribution is 7.98. The van der Waals surface area contributed by atoms with Crippen molar-refractivity contribution in [1.82, 2.24) is 19.7 Å². The van der Waals surface area contributed by atoms with Gasteiger partial charge in [-0.1, -0.05) is 23.4 Å². The van der Waals surface area contributed by atoms with Gasteiger partial charge in [-0.3, -0.25) is 0 Å². The molecule has 0 saturated carbocycles. The minimum absolute atomic E-state index is 0.337. The molecule has 0 bridgehead atoms. The smallest absolute Gasteiger partial charge is 0.191 e. The Hall–Kier alpha value is -2.55. The Kier molecular flexibility index (Phi) is 6.56. The van der Waals surface area contributed by atoms with Crippen LogP contribution in [0, 0.1) is 0 Å². The van der Waals surface area contributed by atoms with Gasteiger partial charge < -0.3 is 14.0 Å². The molecular formula is C21H19ClN4O2S2. The molecule has 2 aromatic carbocycles.